The van der Waals surface area contributed by atoms with Gasteiger partial charge in [-0.15, -0.1) is 0 Å². The highest BCUT2D eigenvalue weighted by atomic mass is 32.2. The van der Waals surface area contributed by atoms with Crippen molar-refractivity contribution >= 4 is 17.6 Å². The number of thioether (sulfide) groups is 1. The van der Waals surface area contributed by atoms with Gasteiger partial charge in [0, 0.05) is 11.2 Å². The van der Waals surface area contributed by atoms with Gasteiger partial charge in [-0.2, -0.15) is 10.5 Å². The highest BCUT2D eigenvalue weighted by Gasteiger charge is 3.02. The van der Waals surface area contributed by atoms with Gasteiger partial charge in [-0.05, 0) is 37.0 Å². The zero-order chi connectivity index (χ0) is 17.4. The molecule has 1 saturated heterocycles. The summed E-state index contributed by atoms with van der Waals surface area (Å²) in [5.74, 6) is 1.90. The summed E-state index contributed by atoms with van der Waals surface area (Å²) in [5.41, 5.74) is 4.47. The molecule has 2 spiro atoms. The van der Waals surface area contributed by atoms with E-state index in [1.807, 2.05) is 0 Å². The molecule has 24 heavy (non-hydrogen) atoms. The van der Waals surface area contributed by atoms with Crippen molar-refractivity contribution in [3.05, 3.63) is 0 Å². The van der Waals surface area contributed by atoms with E-state index >= 15 is 0 Å². The first-order valence-corrected chi connectivity index (χ1v) is 9.77. The van der Waals surface area contributed by atoms with Crippen LogP contribution in [0.25, 0.3) is 0 Å². The van der Waals surface area contributed by atoms with Gasteiger partial charge in [0.05, 0.1) is 18.7 Å². The van der Waals surface area contributed by atoms with E-state index in [-0.39, 0.29) is 10.8 Å². The van der Waals surface area contributed by atoms with E-state index in [4.69, 9.17) is 10.5 Å². The lowest BCUT2D eigenvalue weighted by Crippen LogP contribution is -2.88. The van der Waals surface area contributed by atoms with Gasteiger partial charge >= 0.3 is 0 Å². The summed E-state index contributed by atoms with van der Waals surface area (Å²) in [5, 5.41) is 19.5. The fraction of sp³-hybridized carbons (Fsp3) is 0.833. The van der Waals surface area contributed by atoms with Crippen LogP contribution in [0.1, 0.15) is 46.5 Å². The van der Waals surface area contributed by atoms with Crippen LogP contribution >= 0.6 is 11.8 Å². The largest absolute Gasteiger partial charge is 0.327 e. The number of ether oxygens (including phenoxy) is 1. The Morgan fingerprint density at radius 1 is 1.25 bits per heavy atom. The first kappa shape index (κ1) is 16.2. The van der Waals surface area contributed by atoms with E-state index < -0.39 is 15.9 Å². The first-order valence-electron chi connectivity index (χ1n) is 8.78. The molecule has 0 amide bonds. The molecule has 2 saturated carbocycles. The van der Waals surface area contributed by atoms with Crippen molar-refractivity contribution in [2.75, 3.05) is 12.4 Å². The van der Waals surface area contributed by atoms with E-state index in [2.05, 4.69) is 37.9 Å². The van der Waals surface area contributed by atoms with E-state index in [9.17, 15) is 10.5 Å². The zero-order valence-corrected chi connectivity index (χ0v) is 15.4. The fourth-order valence-electron chi connectivity index (χ4n) is 6.02. The van der Waals surface area contributed by atoms with Crippen molar-refractivity contribution < 1.29 is 9.73 Å². The van der Waals surface area contributed by atoms with Crippen LogP contribution in [-0.2, 0) is 4.74 Å². The smallest absolute Gasteiger partial charge is 0.277 e. The summed E-state index contributed by atoms with van der Waals surface area (Å²) in [6, 6.07) is 5.03. The maximum Gasteiger partial charge on any atom is 0.277 e. The molecule has 2 aliphatic carbocycles. The molecule has 2 aliphatic heterocycles. The predicted octanol–water partition coefficient (Wildman–Crippen LogP) is 1.11. The molecule has 3 fully saturated rings. The molecule has 2 heterocycles. The number of nitriles is 2. The number of amidine groups is 1. The normalized spacial score (nSPS) is 49.5. The number of nitrogens with one attached hydrogen (secondary N) is 1. The second kappa shape index (κ2) is 4.48. The second-order valence-corrected chi connectivity index (χ2v) is 10.1. The third kappa shape index (κ3) is 1.38. The van der Waals surface area contributed by atoms with Gasteiger partial charge in [-0.25, -0.2) is 4.99 Å². The van der Waals surface area contributed by atoms with E-state index in [1.54, 1.807) is 11.8 Å². The molecule has 0 aromatic heterocycles. The molecule has 3 atom stereocenters. The van der Waals surface area contributed by atoms with Crippen molar-refractivity contribution in [3.8, 4) is 12.1 Å². The number of rotatable bonds is 0. The monoisotopic (exact) mass is 345 g/mol. The minimum atomic E-state index is -0.908. The zero-order valence-electron chi connectivity index (χ0n) is 14.6. The molecule has 4 aliphatic rings. The SMILES string of the molecule is CC(C)(C)C1CCC2(CC1)[C@@]1(C#N)[C@@]3([NH+]=C(N)[C@@]21C#N)OCCS3. The quantitative estimate of drug-likeness (QED) is 0.685. The molecule has 0 aromatic rings. The van der Waals surface area contributed by atoms with E-state index in [0.29, 0.717) is 18.4 Å². The number of hydrogen-bond acceptors (Lipinski definition) is 5. The van der Waals surface area contributed by atoms with Crippen LogP contribution in [0.2, 0.25) is 0 Å². The van der Waals surface area contributed by atoms with E-state index in [1.165, 1.54) is 0 Å². The van der Waals surface area contributed by atoms with E-state index in [0.717, 1.165) is 31.4 Å². The van der Waals surface area contributed by atoms with Crippen LogP contribution in [0, 0.1) is 50.2 Å². The van der Waals surface area contributed by atoms with Crippen molar-refractivity contribution in [1.82, 2.24) is 0 Å². The van der Waals surface area contributed by atoms with Crippen LogP contribution in [0.5, 0.6) is 0 Å². The average molecular weight is 345 g/mol. The van der Waals surface area contributed by atoms with Crippen LogP contribution in [-0.4, -0.2) is 23.3 Å². The first-order chi connectivity index (χ1) is 11.3. The lowest BCUT2D eigenvalue weighted by atomic mass is 9.65. The van der Waals surface area contributed by atoms with Gasteiger partial charge in [0.15, 0.2) is 10.8 Å². The Labute approximate surface area is 147 Å². The Kier molecular flexibility index (Phi) is 3.03. The summed E-state index contributed by atoms with van der Waals surface area (Å²) >= 11 is 1.61. The maximum atomic E-state index is 10.2. The van der Waals surface area contributed by atoms with Crippen molar-refractivity contribution in [3.63, 3.8) is 0 Å². The molecule has 0 unspecified atom stereocenters. The molecular weight excluding hydrogens is 320 g/mol. The Morgan fingerprint density at radius 3 is 2.38 bits per heavy atom. The van der Waals surface area contributed by atoms with Gasteiger partial charge in [0.25, 0.3) is 10.9 Å². The number of nitrogens with zero attached hydrogens (tertiary/aromatic N) is 2. The minimum Gasteiger partial charge on any atom is -0.327 e. The number of hydrogen-bond donors (Lipinski definition) is 2. The number of fused-ring (bicyclic) bond motifs is 4. The Hall–Kier alpha value is -1.24. The van der Waals surface area contributed by atoms with Crippen LogP contribution < -0.4 is 10.7 Å². The maximum absolute atomic E-state index is 10.2. The summed E-state index contributed by atoms with van der Waals surface area (Å²) < 4.78 is 6.05. The third-order valence-corrected chi connectivity index (χ3v) is 8.53. The van der Waals surface area contributed by atoms with Crippen molar-refractivity contribution in [2.24, 2.45) is 33.3 Å². The Morgan fingerprint density at radius 2 is 1.92 bits per heavy atom. The van der Waals surface area contributed by atoms with Crippen LogP contribution in [0.15, 0.2) is 0 Å². The topological polar surface area (TPSA) is 96.8 Å². The molecule has 4 rings (SSSR count). The Bertz CT molecular complexity index is 698. The molecule has 3 N–H and O–H groups in total. The van der Waals surface area contributed by atoms with Crippen LogP contribution in [0.4, 0.5) is 0 Å². The molecular formula is C18H25N4OS+. The lowest BCUT2D eigenvalue weighted by molar-refractivity contribution is -0.586. The van der Waals surface area contributed by atoms with Crippen molar-refractivity contribution in [2.45, 2.75) is 51.5 Å². The second-order valence-electron chi connectivity index (χ2n) is 8.80. The highest BCUT2D eigenvalue weighted by Crippen LogP contribution is 2.88. The molecule has 128 valence electrons. The van der Waals surface area contributed by atoms with Crippen molar-refractivity contribution in [1.29, 1.82) is 10.5 Å². The van der Waals surface area contributed by atoms with Gasteiger partial charge in [-0.1, -0.05) is 32.5 Å². The summed E-state index contributed by atoms with van der Waals surface area (Å²) in [6.45, 7) is 7.44. The molecule has 0 bridgehead atoms. The third-order valence-electron chi connectivity index (χ3n) is 7.23. The average Bonchev–Trinajstić information content (AvgIpc) is 2.82. The predicted molar refractivity (Wildman–Crippen MR) is 91.2 cm³/mol. The van der Waals surface area contributed by atoms with Crippen LogP contribution in [0.3, 0.4) is 0 Å². The van der Waals surface area contributed by atoms with Gasteiger partial charge < -0.3 is 4.74 Å². The summed E-state index contributed by atoms with van der Waals surface area (Å²) in [6.07, 6.45) is 3.85. The lowest BCUT2D eigenvalue weighted by Gasteiger charge is -2.40. The summed E-state index contributed by atoms with van der Waals surface area (Å²) in [7, 11) is 0. The summed E-state index contributed by atoms with van der Waals surface area (Å²) in [4.78, 5) is 3.22. The fourth-order valence-corrected chi connectivity index (χ4v) is 7.44. The molecule has 5 nitrogen and oxygen atoms in total. The van der Waals surface area contributed by atoms with Gasteiger partial charge in [0.2, 0.25) is 0 Å². The Balaban J connectivity index is 1.78. The van der Waals surface area contributed by atoms with Gasteiger partial charge in [-0.3, -0.25) is 5.73 Å². The molecule has 6 heteroatoms. The minimum absolute atomic E-state index is 0.259. The highest BCUT2D eigenvalue weighted by molar-refractivity contribution is 8.00. The van der Waals surface area contributed by atoms with Gasteiger partial charge in [0.1, 0.15) is 0 Å². The molecule has 0 aromatic carbocycles. The molecule has 0 radical (unpaired) electrons. The standard InChI is InChI=1S/C18H24N4OS/c1-14(2,3)12-4-6-15(7-5-12)16(10-19)13(21)22-18(17(15,16)11-20)23-8-9-24-18/h12H,4-9H2,1-3H3,(H2,21,22)/p+1/t12?,15?,16-,17+,18+/m0/s1. The number of nitrogens with two attached hydrogens (primary N) is 1.